The molecule has 0 saturated heterocycles. The van der Waals surface area contributed by atoms with Crippen molar-refractivity contribution >= 4 is 27.8 Å². The maximum Gasteiger partial charge on any atom is 0.340 e. The zero-order valence-corrected chi connectivity index (χ0v) is 11.3. The molecule has 1 atom stereocenters. The summed E-state index contributed by atoms with van der Waals surface area (Å²) in [6, 6.07) is 6.91. The van der Waals surface area contributed by atoms with E-state index in [-0.39, 0.29) is 5.91 Å². The number of esters is 1. The second-order valence-corrected chi connectivity index (χ2v) is 4.28. The number of halogens is 1. The van der Waals surface area contributed by atoms with Gasteiger partial charge in [0.1, 0.15) is 0 Å². The van der Waals surface area contributed by atoms with Crippen molar-refractivity contribution < 1.29 is 14.3 Å². The number of nitrogens with one attached hydrogen (secondary N) is 1. The molecule has 1 N–H and O–H groups in total. The lowest BCUT2D eigenvalue weighted by Gasteiger charge is -2.13. The summed E-state index contributed by atoms with van der Waals surface area (Å²) in [5.41, 5.74) is 0.406. The first kappa shape index (κ1) is 13.7. The van der Waals surface area contributed by atoms with Gasteiger partial charge in [-0.3, -0.25) is 4.79 Å². The average molecular weight is 300 g/mol. The van der Waals surface area contributed by atoms with Crippen LogP contribution in [0.2, 0.25) is 0 Å². The van der Waals surface area contributed by atoms with Crippen LogP contribution in [0.3, 0.4) is 0 Å². The van der Waals surface area contributed by atoms with Crippen LogP contribution < -0.4 is 5.32 Å². The molecule has 0 fully saturated rings. The molecule has 4 nitrogen and oxygen atoms in total. The fraction of sp³-hybridized carbons (Fsp3) is 0.333. The third-order valence-electron chi connectivity index (χ3n) is 2.10. The number of carbonyl (C=O) groups excluding carboxylic acids is 2. The number of ether oxygens (including phenoxy) is 1. The van der Waals surface area contributed by atoms with Gasteiger partial charge < -0.3 is 10.1 Å². The van der Waals surface area contributed by atoms with Crippen LogP contribution in [0, 0.1) is 0 Å². The number of hydrogen-bond donors (Lipinski definition) is 1. The highest BCUT2D eigenvalue weighted by Gasteiger charge is 2.19. The highest BCUT2D eigenvalue weighted by Crippen LogP contribution is 2.17. The van der Waals surface area contributed by atoms with Gasteiger partial charge in [0.2, 0.25) is 0 Å². The number of rotatable bonds is 4. The quantitative estimate of drug-likeness (QED) is 0.867. The second-order valence-electron chi connectivity index (χ2n) is 3.42. The Kier molecular flexibility index (Phi) is 5.15. The van der Waals surface area contributed by atoms with E-state index in [0.29, 0.717) is 16.6 Å². The van der Waals surface area contributed by atoms with E-state index in [9.17, 15) is 9.59 Å². The zero-order valence-electron chi connectivity index (χ0n) is 9.70. The summed E-state index contributed by atoms with van der Waals surface area (Å²) in [6.07, 6.45) is -0.797. The van der Waals surface area contributed by atoms with Crippen molar-refractivity contribution in [2.24, 2.45) is 0 Å². The molecule has 0 aromatic heterocycles. The lowest BCUT2D eigenvalue weighted by Crippen LogP contribution is -2.35. The van der Waals surface area contributed by atoms with Gasteiger partial charge in [0.15, 0.2) is 6.10 Å². The number of likely N-dealkylation sites (N-methyl/N-ethyl adjacent to an activating group) is 1. The number of benzene rings is 1. The summed E-state index contributed by atoms with van der Waals surface area (Å²) in [5, 5.41) is 2.59. The van der Waals surface area contributed by atoms with E-state index >= 15 is 0 Å². The molecule has 0 aliphatic carbocycles. The van der Waals surface area contributed by atoms with E-state index in [4.69, 9.17) is 4.74 Å². The van der Waals surface area contributed by atoms with E-state index in [1.165, 1.54) is 0 Å². The fourth-order valence-electron chi connectivity index (χ4n) is 1.22. The Balaban J connectivity index is 2.67. The molecule has 1 aromatic rings. The Labute approximate surface area is 108 Å². The summed E-state index contributed by atoms with van der Waals surface area (Å²) in [7, 11) is 0. The van der Waals surface area contributed by atoms with Crippen LogP contribution >= 0.6 is 15.9 Å². The third-order valence-corrected chi connectivity index (χ3v) is 2.79. The minimum Gasteiger partial charge on any atom is -0.449 e. The Morgan fingerprint density at radius 3 is 2.65 bits per heavy atom. The smallest absolute Gasteiger partial charge is 0.340 e. The second kappa shape index (κ2) is 6.39. The molecule has 17 heavy (non-hydrogen) atoms. The van der Waals surface area contributed by atoms with Crippen LogP contribution in [-0.4, -0.2) is 24.5 Å². The SMILES string of the molecule is CCNC(=O)[C@@H](C)OC(=O)c1ccccc1Br. The maximum absolute atomic E-state index is 11.8. The van der Waals surface area contributed by atoms with E-state index in [1.54, 1.807) is 38.1 Å². The predicted octanol–water partition coefficient (Wildman–Crippen LogP) is 2.13. The fourth-order valence-corrected chi connectivity index (χ4v) is 1.67. The molecule has 0 heterocycles. The molecule has 1 aromatic carbocycles. The molecule has 0 unspecified atom stereocenters. The molecule has 1 amide bonds. The van der Waals surface area contributed by atoms with Gasteiger partial charge in [-0.05, 0) is 41.9 Å². The topological polar surface area (TPSA) is 55.4 Å². The molecule has 5 heteroatoms. The number of carbonyl (C=O) groups is 2. The van der Waals surface area contributed by atoms with Crippen LogP contribution in [0.15, 0.2) is 28.7 Å². The lowest BCUT2D eigenvalue weighted by atomic mass is 10.2. The molecule has 92 valence electrons. The molecular weight excluding hydrogens is 286 g/mol. The van der Waals surface area contributed by atoms with E-state index in [1.807, 2.05) is 0 Å². The molecule has 0 spiro atoms. The molecule has 0 aliphatic rings. The first-order valence-electron chi connectivity index (χ1n) is 5.29. The molecule has 0 saturated carbocycles. The van der Waals surface area contributed by atoms with Gasteiger partial charge in [0.25, 0.3) is 5.91 Å². The van der Waals surface area contributed by atoms with Gasteiger partial charge in [0, 0.05) is 11.0 Å². The van der Waals surface area contributed by atoms with Crippen molar-refractivity contribution in [3.8, 4) is 0 Å². The van der Waals surface area contributed by atoms with Crippen LogP contribution in [0.5, 0.6) is 0 Å². The first-order chi connectivity index (χ1) is 8.06. The molecule has 0 radical (unpaired) electrons. The number of hydrogen-bond acceptors (Lipinski definition) is 3. The van der Waals surface area contributed by atoms with Crippen molar-refractivity contribution in [1.82, 2.24) is 5.32 Å². The average Bonchev–Trinajstić information content (AvgIpc) is 2.29. The Bertz CT molecular complexity index is 420. The monoisotopic (exact) mass is 299 g/mol. The summed E-state index contributed by atoms with van der Waals surface area (Å²) in [5.74, 6) is -0.816. The minimum absolute atomic E-state index is 0.298. The molecule has 0 aliphatic heterocycles. The van der Waals surface area contributed by atoms with Gasteiger partial charge in [-0.25, -0.2) is 4.79 Å². The highest BCUT2D eigenvalue weighted by atomic mass is 79.9. The van der Waals surface area contributed by atoms with Crippen LogP contribution in [0.1, 0.15) is 24.2 Å². The largest absolute Gasteiger partial charge is 0.449 e. The Morgan fingerprint density at radius 1 is 1.41 bits per heavy atom. The third kappa shape index (κ3) is 3.85. The summed E-state index contributed by atoms with van der Waals surface area (Å²) < 4.78 is 5.70. The Morgan fingerprint density at radius 2 is 2.06 bits per heavy atom. The number of amides is 1. The highest BCUT2D eigenvalue weighted by molar-refractivity contribution is 9.10. The van der Waals surface area contributed by atoms with Crippen molar-refractivity contribution in [3.05, 3.63) is 34.3 Å². The van der Waals surface area contributed by atoms with Gasteiger partial charge in [-0.2, -0.15) is 0 Å². The van der Waals surface area contributed by atoms with Gasteiger partial charge in [-0.1, -0.05) is 12.1 Å². The van der Waals surface area contributed by atoms with Crippen molar-refractivity contribution in [2.45, 2.75) is 20.0 Å². The predicted molar refractivity (Wildman–Crippen MR) is 67.7 cm³/mol. The van der Waals surface area contributed by atoms with Crippen molar-refractivity contribution in [1.29, 1.82) is 0 Å². The van der Waals surface area contributed by atoms with Crippen LogP contribution in [-0.2, 0) is 9.53 Å². The maximum atomic E-state index is 11.8. The summed E-state index contributed by atoms with van der Waals surface area (Å²) in [4.78, 5) is 23.1. The van der Waals surface area contributed by atoms with E-state index < -0.39 is 12.1 Å². The van der Waals surface area contributed by atoms with Gasteiger partial charge in [-0.15, -0.1) is 0 Å². The lowest BCUT2D eigenvalue weighted by molar-refractivity contribution is -0.128. The van der Waals surface area contributed by atoms with Crippen LogP contribution in [0.25, 0.3) is 0 Å². The minimum atomic E-state index is -0.797. The molecule has 0 bridgehead atoms. The normalized spacial score (nSPS) is 11.7. The molecule has 1 rings (SSSR count). The van der Waals surface area contributed by atoms with Crippen LogP contribution in [0.4, 0.5) is 0 Å². The zero-order chi connectivity index (χ0) is 12.8. The first-order valence-corrected chi connectivity index (χ1v) is 6.08. The standard InChI is InChI=1S/C12H14BrNO3/c1-3-14-11(15)8(2)17-12(16)9-6-4-5-7-10(9)13/h4-8H,3H2,1-2H3,(H,14,15)/t8-/m1/s1. The summed E-state index contributed by atoms with van der Waals surface area (Å²) in [6.45, 7) is 3.86. The van der Waals surface area contributed by atoms with Gasteiger partial charge >= 0.3 is 5.97 Å². The Hall–Kier alpha value is -1.36. The molecular formula is C12H14BrNO3. The summed E-state index contributed by atoms with van der Waals surface area (Å²) >= 11 is 3.25. The van der Waals surface area contributed by atoms with Gasteiger partial charge in [0.05, 0.1) is 5.56 Å². The van der Waals surface area contributed by atoms with Crippen molar-refractivity contribution in [2.75, 3.05) is 6.54 Å². The van der Waals surface area contributed by atoms with Crippen molar-refractivity contribution in [3.63, 3.8) is 0 Å². The van der Waals surface area contributed by atoms with E-state index in [2.05, 4.69) is 21.2 Å². The van der Waals surface area contributed by atoms with E-state index in [0.717, 1.165) is 0 Å².